The highest BCUT2D eigenvalue weighted by molar-refractivity contribution is 14.1. The van der Waals surface area contributed by atoms with Crippen LogP contribution in [0, 0.1) is 0 Å². The molecular weight excluding hydrogens is 323 g/mol. The molecule has 0 aromatic heterocycles. The molecule has 0 radical (unpaired) electrons. The van der Waals surface area contributed by atoms with Crippen molar-refractivity contribution in [1.82, 2.24) is 0 Å². The smallest absolute Gasteiger partial charge is 0.176 e. The van der Waals surface area contributed by atoms with Crippen LogP contribution in [0.5, 0.6) is 17.2 Å². The standard InChI is InChI=1S/C11H13IO4/c1-14-9-5-11(16-3)10(15-2)4-7(9)8(13)6-12/h4-5H,6H2,1-3H3. The molecule has 5 heteroatoms. The van der Waals surface area contributed by atoms with Crippen molar-refractivity contribution >= 4 is 28.4 Å². The Labute approximate surface area is 108 Å². The fraction of sp³-hybridized carbons (Fsp3) is 0.364. The first kappa shape index (κ1) is 13.1. The van der Waals surface area contributed by atoms with Crippen molar-refractivity contribution in [2.75, 3.05) is 25.8 Å². The number of hydrogen-bond donors (Lipinski definition) is 0. The monoisotopic (exact) mass is 336 g/mol. The molecular formula is C11H13IO4. The van der Waals surface area contributed by atoms with E-state index in [9.17, 15) is 4.79 Å². The van der Waals surface area contributed by atoms with Crippen molar-refractivity contribution in [3.05, 3.63) is 17.7 Å². The number of halogens is 1. The first-order valence-corrected chi connectivity index (χ1v) is 6.09. The summed E-state index contributed by atoms with van der Waals surface area (Å²) in [6, 6.07) is 3.29. The van der Waals surface area contributed by atoms with E-state index in [4.69, 9.17) is 14.2 Å². The van der Waals surface area contributed by atoms with E-state index < -0.39 is 0 Å². The number of carbonyl (C=O) groups excluding carboxylic acids is 1. The van der Waals surface area contributed by atoms with E-state index in [1.165, 1.54) is 21.3 Å². The summed E-state index contributed by atoms with van der Waals surface area (Å²) < 4.78 is 15.8. The van der Waals surface area contributed by atoms with Crippen LogP contribution in [0.3, 0.4) is 0 Å². The molecule has 16 heavy (non-hydrogen) atoms. The van der Waals surface area contributed by atoms with Crippen LogP contribution < -0.4 is 14.2 Å². The summed E-state index contributed by atoms with van der Waals surface area (Å²) in [6.07, 6.45) is 0. The van der Waals surface area contributed by atoms with Gasteiger partial charge >= 0.3 is 0 Å². The topological polar surface area (TPSA) is 44.8 Å². The molecule has 0 aliphatic rings. The molecule has 0 aliphatic carbocycles. The lowest BCUT2D eigenvalue weighted by atomic mass is 10.1. The van der Waals surface area contributed by atoms with Gasteiger partial charge in [-0.2, -0.15) is 0 Å². The van der Waals surface area contributed by atoms with Gasteiger partial charge < -0.3 is 14.2 Å². The second kappa shape index (κ2) is 5.93. The second-order valence-corrected chi connectivity index (χ2v) is 3.73. The number of ether oxygens (including phenoxy) is 3. The molecule has 0 fully saturated rings. The van der Waals surface area contributed by atoms with Gasteiger partial charge in [-0.1, -0.05) is 22.6 Å². The third-order valence-electron chi connectivity index (χ3n) is 2.13. The first-order chi connectivity index (χ1) is 7.67. The maximum Gasteiger partial charge on any atom is 0.176 e. The van der Waals surface area contributed by atoms with Gasteiger partial charge in [0, 0.05) is 6.07 Å². The zero-order chi connectivity index (χ0) is 12.1. The van der Waals surface area contributed by atoms with E-state index in [-0.39, 0.29) is 5.78 Å². The number of methoxy groups -OCH3 is 3. The van der Waals surface area contributed by atoms with Crippen molar-refractivity contribution in [3.63, 3.8) is 0 Å². The van der Waals surface area contributed by atoms with Crippen molar-refractivity contribution in [2.24, 2.45) is 0 Å². The molecule has 0 atom stereocenters. The Balaban J connectivity index is 3.31. The molecule has 4 nitrogen and oxygen atoms in total. The summed E-state index contributed by atoms with van der Waals surface area (Å²) in [5, 5.41) is 0. The highest BCUT2D eigenvalue weighted by Crippen LogP contribution is 2.34. The van der Waals surface area contributed by atoms with E-state index in [0.717, 1.165) is 0 Å². The summed E-state index contributed by atoms with van der Waals surface area (Å²) in [5.74, 6) is 1.57. The van der Waals surface area contributed by atoms with E-state index in [0.29, 0.717) is 27.2 Å². The number of benzene rings is 1. The van der Waals surface area contributed by atoms with Crippen molar-refractivity contribution < 1.29 is 19.0 Å². The number of Topliss-reactive ketones (excluding diaryl/α,β-unsaturated/α-hetero) is 1. The van der Waals surface area contributed by atoms with Gasteiger partial charge in [0.1, 0.15) is 5.75 Å². The lowest BCUT2D eigenvalue weighted by Crippen LogP contribution is -2.04. The minimum atomic E-state index is -0.00148. The van der Waals surface area contributed by atoms with Gasteiger partial charge in [0.15, 0.2) is 17.3 Å². The van der Waals surface area contributed by atoms with Crippen molar-refractivity contribution in [1.29, 1.82) is 0 Å². The Morgan fingerprint density at radius 2 is 1.56 bits per heavy atom. The highest BCUT2D eigenvalue weighted by atomic mass is 127. The van der Waals surface area contributed by atoms with Crippen LogP contribution in [0.25, 0.3) is 0 Å². The normalized spacial score (nSPS) is 9.75. The Hall–Kier alpha value is -0.980. The van der Waals surface area contributed by atoms with Crippen LogP contribution in [0.2, 0.25) is 0 Å². The third-order valence-corrected chi connectivity index (χ3v) is 2.82. The predicted octanol–water partition coefficient (Wildman–Crippen LogP) is 2.33. The summed E-state index contributed by atoms with van der Waals surface area (Å²) in [4.78, 5) is 11.7. The van der Waals surface area contributed by atoms with Gasteiger partial charge in [0.05, 0.1) is 31.3 Å². The molecule has 0 bridgehead atoms. The molecule has 1 rings (SSSR count). The lowest BCUT2D eigenvalue weighted by Gasteiger charge is -2.12. The second-order valence-electron chi connectivity index (χ2n) is 2.96. The molecule has 0 aliphatic heterocycles. The molecule has 1 aromatic carbocycles. The van der Waals surface area contributed by atoms with Crippen LogP contribution >= 0.6 is 22.6 Å². The number of rotatable bonds is 5. The van der Waals surface area contributed by atoms with Crippen LogP contribution in [-0.4, -0.2) is 31.5 Å². The largest absolute Gasteiger partial charge is 0.496 e. The zero-order valence-electron chi connectivity index (χ0n) is 9.37. The maximum atomic E-state index is 11.7. The Bertz CT molecular complexity index is 390. The average molecular weight is 336 g/mol. The minimum absolute atomic E-state index is 0.00148. The van der Waals surface area contributed by atoms with Crippen LogP contribution in [0.15, 0.2) is 12.1 Å². The SMILES string of the molecule is COc1cc(OC)c(C(=O)CI)cc1OC. The van der Waals surface area contributed by atoms with Crippen LogP contribution in [0.4, 0.5) is 0 Å². The van der Waals surface area contributed by atoms with E-state index in [2.05, 4.69) is 0 Å². The number of carbonyl (C=O) groups is 1. The molecule has 0 heterocycles. The first-order valence-electron chi connectivity index (χ1n) is 4.57. The highest BCUT2D eigenvalue weighted by Gasteiger charge is 2.16. The van der Waals surface area contributed by atoms with Crippen LogP contribution in [-0.2, 0) is 0 Å². The van der Waals surface area contributed by atoms with E-state index in [1.54, 1.807) is 12.1 Å². The molecule has 0 saturated heterocycles. The third kappa shape index (κ3) is 2.58. The summed E-state index contributed by atoms with van der Waals surface area (Å²) >= 11 is 2.01. The number of alkyl halides is 1. The van der Waals surface area contributed by atoms with E-state index >= 15 is 0 Å². The fourth-order valence-corrected chi connectivity index (χ4v) is 1.73. The Morgan fingerprint density at radius 1 is 1.06 bits per heavy atom. The zero-order valence-corrected chi connectivity index (χ0v) is 11.5. The van der Waals surface area contributed by atoms with Crippen LogP contribution in [0.1, 0.15) is 10.4 Å². The molecule has 0 unspecified atom stereocenters. The molecule has 0 N–H and O–H groups in total. The lowest BCUT2D eigenvalue weighted by molar-refractivity contribution is 0.102. The molecule has 0 spiro atoms. The minimum Gasteiger partial charge on any atom is -0.496 e. The number of hydrogen-bond acceptors (Lipinski definition) is 4. The average Bonchev–Trinajstić information content (AvgIpc) is 2.35. The summed E-state index contributed by atoms with van der Waals surface area (Å²) in [5.41, 5.74) is 0.509. The van der Waals surface area contributed by atoms with Gasteiger partial charge in [0.25, 0.3) is 0 Å². The summed E-state index contributed by atoms with van der Waals surface area (Å²) in [6.45, 7) is 0. The molecule has 0 saturated carbocycles. The molecule has 1 aromatic rings. The predicted molar refractivity (Wildman–Crippen MR) is 69.3 cm³/mol. The van der Waals surface area contributed by atoms with Crippen molar-refractivity contribution in [3.8, 4) is 17.2 Å². The summed E-state index contributed by atoms with van der Waals surface area (Å²) in [7, 11) is 4.59. The van der Waals surface area contributed by atoms with E-state index in [1.807, 2.05) is 22.6 Å². The van der Waals surface area contributed by atoms with Gasteiger partial charge in [-0.3, -0.25) is 4.79 Å². The van der Waals surface area contributed by atoms with Gasteiger partial charge in [-0.25, -0.2) is 0 Å². The Morgan fingerprint density at radius 3 is 2.00 bits per heavy atom. The molecule has 0 amide bonds. The molecule has 88 valence electrons. The van der Waals surface area contributed by atoms with Gasteiger partial charge in [0.2, 0.25) is 0 Å². The number of ketones is 1. The quantitative estimate of drug-likeness (QED) is 0.470. The fourth-order valence-electron chi connectivity index (χ4n) is 1.32. The maximum absolute atomic E-state index is 11.7. The van der Waals surface area contributed by atoms with Crippen molar-refractivity contribution in [2.45, 2.75) is 0 Å². The van der Waals surface area contributed by atoms with Gasteiger partial charge in [-0.15, -0.1) is 0 Å². The Kier molecular flexibility index (Phi) is 4.85. The van der Waals surface area contributed by atoms with Gasteiger partial charge in [-0.05, 0) is 6.07 Å².